The van der Waals surface area contributed by atoms with Crippen LogP contribution in [-0.4, -0.2) is 47.6 Å². The Hall–Kier alpha value is 0.571. The maximum atomic E-state index is 2.99. The highest BCUT2D eigenvalue weighted by Crippen LogP contribution is 2.22. The molecule has 1 atom stereocenters. The number of rotatable bonds is 5. The molecule has 0 aliphatic heterocycles. The molecule has 5 heteroatoms. The molecule has 0 aromatic heterocycles. The number of hydrogen-bond donors (Lipinski definition) is 0. The maximum absolute atomic E-state index is 2.99. The molecule has 1 unspecified atom stereocenters. The molecule has 0 bridgehead atoms. The van der Waals surface area contributed by atoms with Crippen LogP contribution in [0.4, 0.5) is 0 Å². The lowest BCUT2D eigenvalue weighted by Gasteiger charge is -2.49. The molecule has 0 aliphatic rings. The molecule has 0 saturated carbocycles. The molecule has 92 valence electrons. The predicted octanol–water partition coefficient (Wildman–Crippen LogP) is 2.76. The van der Waals surface area contributed by atoms with Crippen LogP contribution in [0.5, 0.6) is 0 Å². The number of hydrogen-bond acceptors (Lipinski definition) is 2. The zero-order chi connectivity index (χ0) is 12.4. The first-order valence-corrected chi connectivity index (χ1v) is 15.1. The Bertz CT molecular complexity index is 182. The van der Waals surface area contributed by atoms with Crippen LogP contribution in [0.2, 0.25) is 45.8 Å². The Labute approximate surface area is 101 Å². The summed E-state index contributed by atoms with van der Waals surface area (Å²) in [7, 11) is -0.873. The molecular formula is C10H30N2Si3. The third kappa shape index (κ3) is 4.52. The lowest BCUT2D eigenvalue weighted by Crippen LogP contribution is -2.68. The Balaban J connectivity index is 4.97. The normalized spacial score (nSPS) is 16.2. The maximum Gasteiger partial charge on any atom is 0.173 e. The molecule has 0 fully saturated rings. The summed E-state index contributed by atoms with van der Waals surface area (Å²) in [5.41, 5.74) is 0. The minimum atomic E-state index is -1.15. The molecule has 0 N–H and O–H groups in total. The lowest BCUT2D eigenvalue weighted by molar-refractivity contribution is 0.526. The minimum Gasteiger partial charge on any atom is -0.359 e. The predicted molar refractivity (Wildman–Crippen MR) is 79.8 cm³/mol. The van der Waals surface area contributed by atoms with E-state index >= 15 is 0 Å². The van der Waals surface area contributed by atoms with Crippen LogP contribution in [0, 0.1) is 0 Å². The van der Waals surface area contributed by atoms with E-state index in [2.05, 4.69) is 68.3 Å². The van der Waals surface area contributed by atoms with Gasteiger partial charge in [-0.2, -0.15) is 0 Å². The fourth-order valence-corrected chi connectivity index (χ4v) is 21.7. The van der Waals surface area contributed by atoms with E-state index in [9.17, 15) is 0 Å². The van der Waals surface area contributed by atoms with Crippen molar-refractivity contribution in [3.05, 3.63) is 0 Å². The van der Waals surface area contributed by atoms with Crippen molar-refractivity contribution in [1.29, 1.82) is 0 Å². The van der Waals surface area contributed by atoms with E-state index in [1.54, 1.807) is 0 Å². The largest absolute Gasteiger partial charge is 0.359 e. The van der Waals surface area contributed by atoms with Crippen molar-refractivity contribution in [2.45, 2.75) is 52.8 Å². The SMILES string of the molecule is CCN(C)[SiH](C)N([Si](C)(C)C)[Si](C)(C)C. The fourth-order valence-electron chi connectivity index (χ4n) is 2.59. The van der Waals surface area contributed by atoms with Gasteiger partial charge in [0.25, 0.3) is 0 Å². The van der Waals surface area contributed by atoms with E-state index in [0.29, 0.717) is 0 Å². The summed E-state index contributed by atoms with van der Waals surface area (Å²) >= 11 is 0. The Morgan fingerprint density at radius 2 is 1.27 bits per heavy atom. The molecule has 0 radical (unpaired) electrons. The second-order valence-electron chi connectivity index (χ2n) is 6.42. The van der Waals surface area contributed by atoms with Gasteiger partial charge in [-0.05, 0) is 20.1 Å². The van der Waals surface area contributed by atoms with Gasteiger partial charge in [0.1, 0.15) is 16.5 Å². The third-order valence-electron chi connectivity index (χ3n) is 2.96. The Morgan fingerprint density at radius 1 is 0.933 bits per heavy atom. The topological polar surface area (TPSA) is 6.48 Å². The van der Waals surface area contributed by atoms with Crippen molar-refractivity contribution in [2.24, 2.45) is 0 Å². The standard InChI is InChI=1S/C10H30N2Si3/c1-10-11(2)13(3)12(14(4,5)6)15(7,8)9/h13H,10H2,1-9H3. The molecule has 0 rings (SSSR count). The van der Waals surface area contributed by atoms with Crippen molar-refractivity contribution < 1.29 is 0 Å². The molecule has 0 saturated heterocycles. The minimum absolute atomic E-state index is 0.871. The van der Waals surface area contributed by atoms with Gasteiger partial charge in [0.05, 0.1) is 0 Å². The smallest absolute Gasteiger partial charge is 0.173 e. The van der Waals surface area contributed by atoms with E-state index < -0.39 is 25.6 Å². The quantitative estimate of drug-likeness (QED) is 0.703. The highest BCUT2D eigenvalue weighted by molar-refractivity contribution is 6.98. The summed E-state index contributed by atoms with van der Waals surface area (Å²) in [4.78, 5) is 0. The van der Waals surface area contributed by atoms with Crippen LogP contribution in [0.3, 0.4) is 0 Å². The fraction of sp³-hybridized carbons (Fsp3) is 1.00. The molecule has 0 amide bonds. The highest BCUT2D eigenvalue weighted by Gasteiger charge is 2.39. The van der Waals surface area contributed by atoms with Gasteiger partial charge < -0.3 is 8.46 Å². The summed E-state index contributed by atoms with van der Waals surface area (Å²) in [5.74, 6) is 0. The van der Waals surface area contributed by atoms with Gasteiger partial charge in [-0.1, -0.05) is 46.2 Å². The van der Waals surface area contributed by atoms with E-state index in [4.69, 9.17) is 0 Å². The summed E-state index contributed by atoms with van der Waals surface area (Å²) in [6.45, 7) is 21.0. The van der Waals surface area contributed by atoms with Crippen LogP contribution in [-0.2, 0) is 0 Å². The van der Waals surface area contributed by atoms with Gasteiger partial charge >= 0.3 is 0 Å². The second kappa shape index (κ2) is 5.27. The Kier molecular flexibility index (Phi) is 5.47. The van der Waals surface area contributed by atoms with E-state index in [1.165, 1.54) is 6.54 Å². The van der Waals surface area contributed by atoms with Gasteiger partial charge in [-0.3, -0.25) is 0 Å². The van der Waals surface area contributed by atoms with Crippen LogP contribution in [0.1, 0.15) is 6.92 Å². The van der Waals surface area contributed by atoms with Crippen molar-refractivity contribution in [1.82, 2.24) is 8.46 Å². The molecule has 0 heterocycles. The van der Waals surface area contributed by atoms with E-state index in [0.717, 1.165) is 0 Å². The highest BCUT2D eigenvalue weighted by atomic mass is 28.5. The van der Waals surface area contributed by atoms with Crippen LogP contribution in [0.25, 0.3) is 0 Å². The molecule has 15 heavy (non-hydrogen) atoms. The lowest BCUT2D eigenvalue weighted by atomic mass is 10.8. The van der Waals surface area contributed by atoms with Gasteiger partial charge in [0.15, 0.2) is 9.12 Å². The van der Waals surface area contributed by atoms with Crippen LogP contribution < -0.4 is 0 Å². The zero-order valence-corrected chi connectivity index (χ0v) is 15.3. The average Bonchev–Trinajstić information content (AvgIpc) is 1.97. The Morgan fingerprint density at radius 3 is 1.47 bits per heavy atom. The number of nitrogens with zero attached hydrogens (tertiary/aromatic N) is 2. The first-order chi connectivity index (χ1) is 6.51. The van der Waals surface area contributed by atoms with Gasteiger partial charge in [-0.25, -0.2) is 0 Å². The van der Waals surface area contributed by atoms with E-state index in [1.807, 2.05) is 0 Å². The second-order valence-corrected chi connectivity index (χ2v) is 20.2. The van der Waals surface area contributed by atoms with Gasteiger partial charge in [0, 0.05) is 0 Å². The van der Waals surface area contributed by atoms with Crippen molar-refractivity contribution in [2.75, 3.05) is 13.6 Å². The zero-order valence-electron chi connectivity index (χ0n) is 12.2. The summed E-state index contributed by atoms with van der Waals surface area (Å²) in [6.07, 6.45) is 0. The molecule has 0 spiro atoms. The molecule has 0 aromatic rings. The van der Waals surface area contributed by atoms with Crippen LogP contribution in [0.15, 0.2) is 0 Å². The van der Waals surface area contributed by atoms with Crippen molar-refractivity contribution in [3.8, 4) is 0 Å². The first-order valence-electron chi connectivity index (χ1n) is 6.01. The monoisotopic (exact) mass is 262 g/mol. The third-order valence-corrected chi connectivity index (χ3v) is 19.1. The first kappa shape index (κ1) is 15.6. The van der Waals surface area contributed by atoms with Crippen molar-refractivity contribution >= 4 is 25.6 Å². The average molecular weight is 263 g/mol. The summed E-state index contributed by atoms with van der Waals surface area (Å²) in [5, 5.41) is 0. The van der Waals surface area contributed by atoms with Gasteiger partial charge in [-0.15, -0.1) is 0 Å². The molecule has 0 aromatic carbocycles. The molecular weight excluding hydrogens is 232 g/mol. The summed E-state index contributed by atoms with van der Waals surface area (Å²) < 4.78 is 5.58. The summed E-state index contributed by atoms with van der Waals surface area (Å²) in [6, 6.07) is 0. The molecule has 0 aliphatic carbocycles. The van der Waals surface area contributed by atoms with Crippen molar-refractivity contribution in [3.63, 3.8) is 0 Å². The molecule has 2 nitrogen and oxygen atoms in total. The van der Waals surface area contributed by atoms with Gasteiger partial charge in [0.2, 0.25) is 0 Å². The van der Waals surface area contributed by atoms with E-state index in [-0.39, 0.29) is 0 Å². The van der Waals surface area contributed by atoms with Crippen LogP contribution >= 0.6 is 0 Å².